The largest absolute Gasteiger partial charge is 0.455 e. The lowest BCUT2D eigenvalue weighted by molar-refractivity contribution is 0.663. The summed E-state index contributed by atoms with van der Waals surface area (Å²) in [4.78, 5) is 0. The average Bonchev–Trinajstić information content (AvgIpc) is 3.94. The molecule has 0 bridgehead atoms. The molecule has 12 rings (SSSR count). The number of hydrogen-bond acceptors (Lipinski definition) is 4. The third kappa shape index (κ3) is 3.56. The molecule has 0 aliphatic rings. The zero-order valence-corrected chi connectivity index (χ0v) is 28.1. The Bertz CT molecular complexity index is 3330. The zero-order valence-electron chi connectivity index (χ0n) is 26.5. The van der Waals surface area contributed by atoms with Gasteiger partial charge in [0.25, 0.3) is 0 Å². The highest BCUT2D eigenvalue weighted by atomic mass is 32.1. The van der Waals surface area contributed by atoms with Gasteiger partial charge in [-0.3, -0.25) is 0 Å². The van der Waals surface area contributed by atoms with E-state index in [2.05, 4.69) is 133 Å². The molecule has 0 radical (unpaired) electrons. The Balaban J connectivity index is 1.16. The van der Waals surface area contributed by atoms with Gasteiger partial charge >= 0.3 is 0 Å². The van der Waals surface area contributed by atoms with Crippen molar-refractivity contribution >= 4 is 118 Å². The molecule has 0 N–H and O–H groups in total. The summed E-state index contributed by atoms with van der Waals surface area (Å²) in [5.41, 5.74) is 8.25. The van der Waals surface area contributed by atoms with Crippen molar-refractivity contribution in [3.63, 3.8) is 0 Å². The van der Waals surface area contributed by atoms with E-state index in [1.807, 2.05) is 34.8 Å². The van der Waals surface area contributed by atoms with E-state index >= 15 is 0 Å². The third-order valence-electron chi connectivity index (χ3n) is 10.5. The smallest absolute Gasteiger partial charge is 0.147 e. The summed E-state index contributed by atoms with van der Waals surface area (Å²) in [6.45, 7) is 0. The monoisotopic (exact) mass is 672 g/mol. The molecule has 50 heavy (non-hydrogen) atoms. The van der Waals surface area contributed by atoms with Gasteiger partial charge in [-0.25, -0.2) is 0 Å². The first-order valence-electron chi connectivity index (χ1n) is 16.8. The second-order valence-corrected chi connectivity index (χ2v) is 15.2. The molecule has 8 aromatic carbocycles. The Morgan fingerprint density at radius 1 is 0.400 bits per heavy atom. The molecular weight excluding hydrogens is 649 g/mol. The van der Waals surface area contributed by atoms with Crippen LogP contribution in [0.3, 0.4) is 0 Å². The molecule has 0 fully saturated rings. The van der Waals surface area contributed by atoms with Crippen LogP contribution in [-0.4, -0.2) is 0 Å². The highest BCUT2D eigenvalue weighted by Gasteiger charge is 2.22. The fraction of sp³-hybridized carbons (Fsp3) is 0. The van der Waals surface area contributed by atoms with E-state index in [-0.39, 0.29) is 0 Å². The molecule has 0 unspecified atom stereocenters. The maximum absolute atomic E-state index is 6.80. The van der Waals surface area contributed by atoms with E-state index in [1.165, 1.54) is 68.5 Å². The van der Waals surface area contributed by atoms with Gasteiger partial charge in [-0.2, -0.15) is 0 Å². The van der Waals surface area contributed by atoms with Gasteiger partial charge in [0.15, 0.2) is 0 Å². The van der Waals surface area contributed by atoms with Crippen LogP contribution in [0.4, 0.5) is 0 Å². The predicted molar refractivity (Wildman–Crippen MR) is 215 cm³/mol. The van der Waals surface area contributed by atoms with Crippen molar-refractivity contribution in [3.05, 3.63) is 145 Å². The minimum Gasteiger partial charge on any atom is -0.455 e. The van der Waals surface area contributed by atoms with E-state index in [0.29, 0.717) is 0 Å². The van der Waals surface area contributed by atoms with Gasteiger partial charge in [-0.1, -0.05) is 91.0 Å². The lowest BCUT2D eigenvalue weighted by atomic mass is 9.85. The van der Waals surface area contributed by atoms with Crippen molar-refractivity contribution in [2.45, 2.75) is 0 Å². The third-order valence-corrected chi connectivity index (χ3v) is 12.6. The first-order chi connectivity index (χ1) is 24.8. The molecule has 0 spiro atoms. The van der Waals surface area contributed by atoms with Crippen molar-refractivity contribution in [2.24, 2.45) is 0 Å². The number of para-hydroxylation sites is 2. The number of fused-ring (bicyclic) bond motifs is 13. The normalized spacial score (nSPS) is 12.4. The summed E-state index contributed by atoms with van der Waals surface area (Å²) < 4.78 is 17.3. The zero-order chi connectivity index (χ0) is 32.5. The molecule has 0 aliphatic heterocycles. The molecule has 2 nitrogen and oxygen atoms in total. The quantitative estimate of drug-likeness (QED) is 0.171. The fourth-order valence-corrected chi connectivity index (χ4v) is 10.3. The first kappa shape index (κ1) is 26.9. The van der Waals surface area contributed by atoms with Crippen molar-refractivity contribution in [1.29, 1.82) is 0 Å². The maximum atomic E-state index is 6.80. The molecule has 4 aromatic heterocycles. The minimum atomic E-state index is 0.834. The topological polar surface area (TPSA) is 26.3 Å². The highest BCUT2D eigenvalue weighted by Crippen LogP contribution is 2.49. The Hall–Kier alpha value is -5.94. The van der Waals surface area contributed by atoms with Crippen molar-refractivity contribution in [1.82, 2.24) is 0 Å². The molecule has 0 saturated heterocycles. The van der Waals surface area contributed by atoms with Crippen LogP contribution in [0.2, 0.25) is 0 Å². The number of benzene rings is 8. The summed E-state index contributed by atoms with van der Waals surface area (Å²) in [7, 11) is 0. The molecule has 0 saturated carbocycles. The first-order valence-corrected chi connectivity index (χ1v) is 18.5. The van der Waals surface area contributed by atoms with Crippen LogP contribution in [0.5, 0.6) is 0 Å². The van der Waals surface area contributed by atoms with Gasteiger partial charge in [0.2, 0.25) is 0 Å². The van der Waals surface area contributed by atoms with Crippen LogP contribution in [0.25, 0.3) is 118 Å². The van der Waals surface area contributed by atoms with Gasteiger partial charge in [-0.05, 0) is 92.0 Å². The Labute approximate surface area is 293 Å². The number of furan rings is 2. The molecular formula is C46H24O2S2. The molecule has 0 atom stereocenters. The SMILES string of the molecule is c1ccc2c(c1)oc1c2ccc2oc3c(-c4c5ccccc5c(-c5ccc6sc7cc8ccsc8cc7c6c5)c5ccccc45)cccc3c21. The molecule has 0 aliphatic carbocycles. The van der Waals surface area contributed by atoms with Crippen LogP contribution < -0.4 is 0 Å². The van der Waals surface area contributed by atoms with E-state index < -0.39 is 0 Å². The van der Waals surface area contributed by atoms with Gasteiger partial charge in [0.1, 0.15) is 22.3 Å². The van der Waals surface area contributed by atoms with Crippen LogP contribution in [-0.2, 0) is 0 Å². The number of thiophene rings is 2. The van der Waals surface area contributed by atoms with Gasteiger partial charge < -0.3 is 8.83 Å². The minimum absolute atomic E-state index is 0.834. The second kappa shape index (κ2) is 9.82. The van der Waals surface area contributed by atoms with Crippen LogP contribution in [0.15, 0.2) is 154 Å². The lowest BCUT2D eigenvalue weighted by Gasteiger charge is -2.18. The summed E-state index contributed by atoms with van der Waals surface area (Å²) in [5.74, 6) is 0. The van der Waals surface area contributed by atoms with Gasteiger partial charge in [0, 0.05) is 52.2 Å². The molecule has 12 aromatic rings. The van der Waals surface area contributed by atoms with Crippen molar-refractivity contribution in [2.75, 3.05) is 0 Å². The number of hydrogen-bond donors (Lipinski definition) is 0. The number of rotatable bonds is 2. The van der Waals surface area contributed by atoms with Crippen molar-refractivity contribution in [3.8, 4) is 22.3 Å². The van der Waals surface area contributed by atoms with Crippen molar-refractivity contribution < 1.29 is 8.83 Å². The van der Waals surface area contributed by atoms with Crippen LogP contribution in [0.1, 0.15) is 0 Å². The van der Waals surface area contributed by atoms with E-state index in [1.54, 1.807) is 0 Å². The van der Waals surface area contributed by atoms with Gasteiger partial charge in [-0.15, -0.1) is 22.7 Å². The predicted octanol–water partition coefficient (Wildman–Crippen LogP) is 14.7. The molecule has 4 heterocycles. The van der Waals surface area contributed by atoms with E-state index in [4.69, 9.17) is 8.83 Å². The summed E-state index contributed by atoms with van der Waals surface area (Å²) in [6, 6.07) is 50.7. The molecule has 0 amide bonds. The maximum Gasteiger partial charge on any atom is 0.147 e. The Morgan fingerprint density at radius 3 is 1.92 bits per heavy atom. The molecule has 4 heteroatoms. The summed E-state index contributed by atoms with van der Waals surface area (Å²) in [6.07, 6.45) is 0. The van der Waals surface area contributed by atoms with Crippen LogP contribution in [0, 0.1) is 0 Å². The highest BCUT2D eigenvalue weighted by molar-refractivity contribution is 7.26. The second-order valence-electron chi connectivity index (χ2n) is 13.2. The van der Waals surface area contributed by atoms with E-state index in [0.717, 1.165) is 49.4 Å². The Kier molecular flexibility index (Phi) is 5.29. The average molecular weight is 673 g/mol. The van der Waals surface area contributed by atoms with Crippen LogP contribution >= 0.6 is 22.7 Å². The van der Waals surface area contributed by atoms with E-state index in [9.17, 15) is 0 Å². The standard InChI is InChI=1S/C46H24O2S2/c1-3-11-30-28(9-1)42(26-16-19-39-35(22-26)36-24-40-25(20-21-49-40)23-41(36)50-39)29-10-2-4-12-31(29)43(30)33-13-7-14-34-44-38(48-45(33)34)18-17-32-27-8-5-6-15-37(27)47-46(32)44/h1-24H. The lowest BCUT2D eigenvalue weighted by Crippen LogP contribution is -1.91. The Morgan fingerprint density at radius 2 is 1.10 bits per heavy atom. The molecule has 232 valence electrons. The summed E-state index contributed by atoms with van der Waals surface area (Å²) >= 11 is 3.70. The fourth-order valence-electron chi connectivity index (χ4n) is 8.38. The summed E-state index contributed by atoms with van der Waals surface area (Å²) in [5, 5.41) is 15.4. The van der Waals surface area contributed by atoms with Gasteiger partial charge in [0.05, 0.1) is 5.39 Å².